The number of carbonyl (C=O) groups excluding carboxylic acids is 1. The number of carbonyl (C=O) groups is 1. The summed E-state index contributed by atoms with van der Waals surface area (Å²) >= 11 is 0. The van der Waals surface area contributed by atoms with Crippen LogP contribution in [-0.4, -0.2) is 59.0 Å². The van der Waals surface area contributed by atoms with Crippen molar-refractivity contribution in [1.29, 1.82) is 0 Å². The molecular formula is C24H22F4N4O4. The molecule has 1 fully saturated rings. The second kappa shape index (κ2) is 9.41. The van der Waals surface area contributed by atoms with E-state index in [1.54, 1.807) is 12.1 Å². The first-order chi connectivity index (χ1) is 17.2. The summed E-state index contributed by atoms with van der Waals surface area (Å²) in [6, 6.07) is 5.59. The lowest BCUT2D eigenvalue weighted by Crippen LogP contribution is -2.60. The summed E-state index contributed by atoms with van der Waals surface area (Å²) < 4.78 is 65.3. The van der Waals surface area contributed by atoms with Crippen molar-refractivity contribution in [2.24, 2.45) is 0 Å². The molecule has 3 aromatic rings. The van der Waals surface area contributed by atoms with Crippen LogP contribution in [0.15, 0.2) is 29.1 Å². The summed E-state index contributed by atoms with van der Waals surface area (Å²) in [5, 5.41) is 2.48. The Balaban J connectivity index is 1.24. The number of alkyl halides is 2. The number of rotatable bonds is 7. The topological polar surface area (TPSA) is 96.5 Å². The first kappa shape index (κ1) is 24.0. The second-order valence-electron chi connectivity index (χ2n) is 8.73. The van der Waals surface area contributed by atoms with Gasteiger partial charge >= 0.3 is 0 Å². The molecule has 2 aromatic heterocycles. The number of fused-ring (bicyclic) bond motifs is 3. The van der Waals surface area contributed by atoms with E-state index in [9.17, 15) is 22.8 Å². The molecule has 36 heavy (non-hydrogen) atoms. The van der Waals surface area contributed by atoms with Gasteiger partial charge in [-0.2, -0.15) is 4.39 Å². The fourth-order valence-corrected chi connectivity index (χ4v) is 4.42. The quantitative estimate of drug-likeness (QED) is 0.378. The third-order valence-electron chi connectivity index (χ3n) is 6.50. The highest BCUT2D eigenvalue weighted by atomic mass is 19.3. The van der Waals surface area contributed by atoms with Crippen LogP contribution in [0.4, 0.5) is 17.6 Å². The van der Waals surface area contributed by atoms with E-state index in [2.05, 4.69) is 9.97 Å². The van der Waals surface area contributed by atoms with Crippen LogP contribution in [0.1, 0.15) is 28.5 Å². The van der Waals surface area contributed by atoms with Gasteiger partial charge in [-0.3, -0.25) is 14.5 Å². The second-order valence-corrected chi connectivity index (χ2v) is 8.73. The molecule has 12 heteroatoms. The third-order valence-corrected chi connectivity index (χ3v) is 6.50. The maximum atomic E-state index is 15.2. The molecule has 0 spiro atoms. The number of hydrogen-bond donors (Lipinski definition) is 2. The highest BCUT2D eigenvalue weighted by Gasteiger charge is 2.38. The highest BCUT2D eigenvalue weighted by Crippen LogP contribution is 2.34. The van der Waals surface area contributed by atoms with E-state index in [4.69, 9.17) is 9.47 Å². The molecule has 1 saturated heterocycles. The molecule has 0 bridgehead atoms. The molecular weight excluding hydrogens is 484 g/mol. The van der Waals surface area contributed by atoms with Gasteiger partial charge in [0.15, 0.2) is 11.6 Å². The Labute approximate surface area is 202 Å². The van der Waals surface area contributed by atoms with Crippen LogP contribution in [0.3, 0.4) is 0 Å². The fraction of sp³-hybridized carbons (Fsp3) is 0.375. The van der Waals surface area contributed by atoms with Gasteiger partial charge in [0.05, 0.1) is 24.2 Å². The maximum absolute atomic E-state index is 15.2. The van der Waals surface area contributed by atoms with Crippen LogP contribution in [0, 0.1) is 11.8 Å². The zero-order valence-corrected chi connectivity index (χ0v) is 19.1. The molecule has 0 radical (unpaired) electrons. The number of aromatic nitrogens is 2. The first-order valence-electron chi connectivity index (χ1n) is 11.4. The van der Waals surface area contributed by atoms with Crippen molar-refractivity contribution in [1.82, 2.24) is 20.2 Å². The molecule has 2 aliphatic heterocycles. The third kappa shape index (κ3) is 4.36. The van der Waals surface area contributed by atoms with E-state index in [0.29, 0.717) is 41.8 Å². The van der Waals surface area contributed by atoms with Crippen LogP contribution in [-0.2, 0) is 13.0 Å². The van der Waals surface area contributed by atoms with Crippen molar-refractivity contribution in [2.45, 2.75) is 38.5 Å². The summed E-state index contributed by atoms with van der Waals surface area (Å²) in [6.45, 7) is 1.98. The number of benzene rings is 1. The van der Waals surface area contributed by atoms with E-state index in [-0.39, 0.29) is 35.1 Å². The van der Waals surface area contributed by atoms with Crippen LogP contribution in [0.25, 0.3) is 10.9 Å². The SMILES string of the molecule is CC1C(Oc2ccc(C(=O)NCC(F)F)nc2F)CN1Cc1ccc2c3c(c(=O)[nH]c2c1F)CCO3. The monoisotopic (exact) mass is 506 g/mol. The van der Waals surface area contributed by atoms with E-state index >= 15 is 4.39 Å². The molecule has 0 aliphatic carbocycles. The lowest BCUT2D eigenvalue weighted by Gasteiger charge is -2.45. The van der Waals surface area contributed by atoms with E-state index in [1.807, 2.05) is 17.1 Å². The standard InChI is InChI=1S/C24H22F4N4O4/c1-11-17(36-16-5-4-15(30-22(16)28)24(34)29-8-18(25)26)10-32(11)9-12-2-3-13-20(19(12)27)31-23(33)14-6-7-35-21(13)14/h2-5,11,17-18H,6-10H2,1H3,(H,29,34)(H,31,33). The molecule has 2 aliphatic rings. The molecule has 0 saturated carbocycles. The van der Waals surface area contributed by atoms with Gasteiger partial charge in [0.25, 0.3) is 23.8 Å². The van der Waals surface area contributed by atoms with Crippen molar-refractivity contribution in [2.75, 3.05) is 19.7 Å². The zero-order valence-electron chi connectivity index (χ0n) is 19.1. The largest absolute Gasteiger partial charge is 0.492 e. The normalized spacial score (nSPS) is 19.2. The predicted octanol–water partition coefficient (Wildman–Crippen LogP) is 2.78. The Kier molecular flexibility index (Phi) is 6.29. The Morgan fingerprint density at radius 2 is 2.11 bits per heavy atom. The summed E-state index contributed by atoms with van der Waals surface area (Å²) in [5.41, 5.74) is 0.308. The zero-order chi connectivity index (χ0) is 25.6. The Hall–Kier alpha value is -3.67. The summed E-state index contributed by atoms with van der Waals surface area (Å²) in [7, 11) is 0. The Morgan fingerprint density at radius 3 is 2.83 bits per heavy atom. The summed E-state index contributed by atoms with van der Waals surface area (Å²) in [5.74, 6) is -2.24. The lowest BCUT2D eigenvalue weighted by atomic mass is 9.98. The van der Waals surface area contributed by atoms with E-state index in [0.717, 1.165) is 0 Å². The van der Waals surface area contributed by atoms with Gasteiger partial charge in [0.1, 0.15) is 17.5 Å². The molecule has 2 unspecified atom stereocenters. The maximum Gasteiger partial charge on any atom is 0.270 e. The van der Waals surface area contributed by atoms with Crippen LogP contribution in [0.5, 0.6) is 11.5 Å². The minimum Gasteiger partial charge on any atom is -0.492 e. The first-order valence-corrected chi connectivity index (χ1v) is 11.4. The summed E-state index contributed by atoms with van der Waals surface area (Å²) in [6.07, 6.45) is -2.66. The molecule has 190 valence electrons. The van der Waals surface area contributed by atoms with E-state index < -0.39 is 36.7 Å². The van der Waals surface area contributed by atoms with Crippen molar-refractivity contribution in [3.8, 4) is 11.5 Å². The van der Waals surface area contributed by atoms with Crippen molar-refractivity contribution >= 4 is 16.8 Å². The smallest absolute Gasteiger partial charge is 0.270 e. The number of aromatic amines is 1. The van der Waals surface area contributed by atoms with Gasteiger partial charge in [-0.25, -0.2) is 18.2 Å². The number of nitrogens with zero attached hydrogens (tertiary/aromatic N) is 2. The van der Waals surface area contributed by atoms with Gasteiger partial charge in [-0.15, -0.1) is 0 Å². The number of pyridine rings is 2. The number of amides is 1. The number of ether oxygens (including phenoxy) is 2. The van der Waals surface area contributed by atoms with Gasteiger partial charge in [-0.05, 0) is 25.1 Å². The Bertz CT molecular complexity index is 1400. The molecule has 2 N–H and O–H groups in total. The number of hydrogen-bond acceptors (Lipinski definition) is 6. The number of H-pyrrole nitrogens is 1. The highest BCUT2D eigenvalue weighted by molar-refractivity contribution is 5.92. The number of nitrogens with one attached hydrogen (secondary N) is 2. The van der Waals surface area contributed by atoms with Gasteiger partial charge in [0, 0.05) is 36.5 Å². The Morgan fingerprint density at radius 1 is 1.31 bits per heavy atom. The molecule has 2 atom stereocenters. The molecule has 1 amide bonds. The van der Waals surface area contributed by atoms with Crippen LogP contribution in [0.2, 0.25) is 0 Å². The predicted molar refractivity (Wildman–Crippen MR) is 121 cm³/mol. The van der Waals surface area contributed by atoms with Crippen LogP contribution < -0.4 is 20.3 Å². The number of halogens is 4. The van der Waals surface area contributed by atoms with Gasteiger partial charge in [0.2, 0.25) is 0 Å². The van der Waals surface area contributed by atoms with Gasteiger partial charge < -0.3 is 19.8 Å². The number of likely N-dealkylation sites (tertiary alicyclic amines) is 1. The lowest BCUT2D eigenvalue weighted by molar-refractivity contribution is -0.0437. The molecule has 8 nitrogen and oxygen atoms in total. The minimum atomic E-state index is -2.73. The molecule has 1 aromatic carbocycles. The average Bonchev–Trinajstić information content (AvgIpc) is 3.35. The van der Waals surface area contributed by atoms with Crippen LogP contribution >= 0.6 is 0 Å². The minimum absolute atomic E-state index is 0.102. The molecule has 4 heterocycles. The summed E-state index contributed by atoms with van der Waals surface area (Å²) in [4.78, 5) is 32.1. The van der Waals surface area contributed by atoms with Gasteiger partial charge in [-0.1, -0.05) is 6.07 Å². The van der Waals surface area contributed by atoms with Crippen molar-refractivity contribution in [3.05, 3.63) is 63.2 Å². The fourth-order valence-electron chi connectivity index (χ4n) is 4.42. The van der Waals surface area contributed by atoms with E-state index in [1.165, 1.54) is 12.1 Å². The average molecular weight is 506 g/mol. The van der Waals surface area contributed by atoms with Crippen molar-refractivity contribution < 1.29 is 31.8 Å². The van der Waals surface area contributed by atoms with Crippen molar-refractivity contribution in [3.63, 3.8) is 0 Å². The molecule has 5 rings (SSSR count).